The Bertz CT molecular complexity index is 1370. The average Bonchev–Trinajstić information content (AvgIpc) is 2.89. The third kappa shape index (κ3) is 9.07. The van der Waals surface area contributed by atoms with Crippen molar-refractivity contribution in [2.45, 2.75) is 38.8 Å². The molecule has 1 N–H and O–H groups in total. The van der Waals surface area contributed by atoms with Gasteiger partial charge in [-0.1, -0.05) is 73.5 Å². The van der Waals surface area contributed by atoms with E-state index in [4.69, 9.17) is 11.6 Å². The highest BCUT2D eigenvalue weighted by atomic mass is 35.5. The Labute approximate surface area is 234 Å². The lowest BCUT2D eigenvalue weighted by Crippen LogP contribution is -2.53. The van der Waals surface area contributed by atoms with E-state index in [1.165, 1.54) is 23.1 Å². The van der Waals surface area contributed by atoms with Crippen LogP contribution in [0.5, 0.6) is 0 Å². The zero-order valence-electron chi connectivity index (χ0n) is 22.0. The molecule has 0 heterocycles. The molecular formula is C29H33ClFN3O4S. The fourth-order valence-corrected chi connectivity index (χ4v) is 5.19. The molecule has 0 aromatic heterocycles. The summed E-state index contributed by atoms with van der Waals surface area (Å²) in [5.74, 6) is -1.60. The Morgan fingerprint density at radius 1 is 0.974 bits per heavy atom. The van der Waals surface area contributed by atoms with Crippen LogP contribution in [0, 0.1) is 5.82 Å². The molecule has 10 heteroatoms. The highest BCUT2D eigenvalue weighted by Crippen LogP contribution is 2.22. The van der Waals surface area contributed by atoms with Crippen LogP contribution < -0.4 is 9.62 Å². The molecule has 3 aromatic carbocycles. The number of nitrogens with zero attached hydrogens (tertiary/aromatic N) is 2. The van der Waals surface area contributed by atoms with Gasteiger partial charge in [0.2, 0.25) is 21.8 Å². The first-order chi connectivity index (χ1) is 18.6. The zero-order valence-corrected chi connectivity index (χ0v) is 23.6. The molecule has 7 nitrogen and oxygen atoms in total. The summed E-state index contributed by atoms with van der Waals surface area (Å²) in [5, 5.41) is 3.38. The van der Waals surface area contributed by atoms with Crippen LogP contribution in [0.3, 0.4) is 0 Å². The standard InChI is InChI=1S/C29H33ClFN3O4S/c1-3-4-16-32-29(36)27(18-22-10-6-5-7-11-22)33(20-23-12-8-13-24(30)17-23)28(35)21-34(39(2,37)38)26-15-9-14-25(31)19-26/h5-15,17,19,27H,3-4,16,18,20-21H2,1-2H3,(H,32,36)/t27-/m0/s1. The lowest BCUT2D eigenvalue weighted by molar-refractivity contribution is -0.140. The Morgan fingerprint density at radius 3 is 2.31 bits per heavy atom. The number of hydrogen-bond acceptors (Lipinski definition) is 4. The van der Waals surface area contributed by atoms with Crippen molar-refractivity contribution in [3.05, 3.63) is 101 Å². The normalized spacial score (nSPS) is 12.0. The van der Waals surface area contributed by atoms with Crippen molar-refractivity contribution in [3.8, 4) is 0 Å². The van der Waals surface area contributed by atoms with Gasteiger partial charge in [0.15, 0.2) is 0 Å². The van der Waals surface area contributed by atoms with Crippen LogP contribution in [0.4, 0.5) is 10.1 Å². The molecule has 0 aliphatic carbocycles. The smallest absolute Gasteiger partial charge is 0.244 e. The Kier molecular flexibility index (Phi) is 10.9. The summed E-state index contributed by atoms with van der Waals surface area (Å²) in [6.07, 6.45) is 2.81. The Balaban J connectivity index is 2.03. The van der Waals surface area contributed by atoms with Crippen molar-refractivity contribution in [1.29, 1.82) is 0 Å². The molecule has 0 bridgehead atoms. The minimum atomic E-state index is -3.97. The largest absolute Gasteiger partial charge is 0.354 e. The first-order valence-corrected chi connectivity index (χ1v) is 14.9. The van der Waals surface area contributed by atoms with Crippen molar-refractivity contribution >= 4 is 39.1 Å². The van der Waals surface area contributed by atoms with E-state index in [0.717, 1.165) is 35.0 Å². The maximum atomic E-state index is 14.0. The summed E-state index contributed by atoms with van der Waals surface area (Å²) in [4.78, 5) is 28.8. The van der Waals surface area contributed by atoms with Crippen molar-refractivity contribution in [1.82, 2.24) is 10.2 Å². The van der Waals surface area contributed by atoms with E-state index in [2.05, 4.69) is 5.32 Å². The van der Waals surface area contributed by atoms with E-state index in [1.807, 2.05) is 37.3 Å². The van der Waals surface area contributed by atoms with E-state index in [-0.39, 0.29) is 24.6 Å². The molecule has 0 saturated heterocycles. The van der Waals surface area contributed by atoms with Crippen molar-refractivity contribution in [3.63, 3.8) is 0 Å². The molecular weight excluding hydrogens is 541 g/mol. The van der Waals surface area contributed by atoms with Crippen LogP contribution in [-0.4, -0.2) is 50.5 Å². The van der Waals surface area contributed by atoms with Gasteiger partial charge in [-0.05, 0) is 47.9 Å². The third-order valence-electron chi connectivity index (χ3n) is 6.12. The Hall–Kier alpha value is -3.43. The summed E-state index contributed by atoms with van der Waals surface area (Å²) in [6.45, 7) is 1.85. The molecule has 3 aromatic rings. The fraction of sp³-hybridized carbons (Fsp3) is 0.310. The molecule has 0 aliphatic heterocycles. The van der Waals surface area contributed by atoms with Crippen molar-refractivity contribution in [2.24, 2.45) is 0 Å². The maximum absolute atomic E-state index is 14.0. The molecule has 0 saturated carbocycles. The van der Waals surface area contributed by atoms with E-state index in [0.29, 0.717) is 17.1 Å². The molecule has 0 unspecified atom stereocenters. The summed E-state index contributed by atoms with van der Waals surface area (Å²) in [6, 6.07) is 20.3. The summed E-state index contributed by atoms with van der Waals surface area (Å²) in [7, 11) is -3.97. The first kappa shape index (κ1) is 30.1. The highest BCUT2D eigenvalue weighted by molar-refractivity contribution is 7.92. The predicted molar refractivity (Wildman–Crippen MR) is 152 cm³/mol. The quantitative estimate of drug-likeness (QED) is 0.298. The van der Waals surface area contributed by atoms with Crippen LogP contribution in [-0.2, 0) is 32.6 Å². The van der Waals surface area contributed by atoms with E-state index < -0.39 is 34.3 Å². The summed E-state index contributed by atoms with van der Waals surface area (Å²) >= 11 is 6.20. The van der Waals surface area contributed by atoms with Crippen LogP contribution in [0.25, 0.3) is 0 Å². The second-order valence-corrected chi connectivity index (χ2v) is 11.6. The van der Waals surface area contributed by atoms with Gasteiger partial charge in [0.05, 0.1) is 11.9 Å². The van der Waals surface area contributed by atoms with Gasteiger partial charge in [0, 0.05) is 24.5 Å². The molecule has 0 aliphatic rings. The number of rotatable bonds is 13. The molecule has 2 amide bonds. The van der Waals surface area contributed by atoms with Gasteiger partial charge in [0.25, 0.3) is 0 Å². The van der Waals surface area contributed by atoms with Crippen molar-refractivity contribution < 1.29 is 22.4 Å². The van der Waals surface area contributed by atoms with Crippen LogP contribution in [0.2, 0.25) is 5.02 Å². The number of benzene rings is 3. The maximum Gasteiger partial charge on any atom is 0.244 e. The van der Waals surface area contributed by atoms with E-state index in [1.54, 1.807) is 24.3 Å². The van der Waals surface area contributed by atoms with Gasteiger partial charge in [-0.15, -0.1) is 0 Å². The van der Waals surface area contributed by atoms with E-state index >= 15 is 0 Å². The van der Waals surface area contributed by atoms with Crippen LogP contribution in [0.15, 0.2) is 78.9 Å². The van der Waals surface area contributed by atoms with Gasteiger partial charge in [-0.3, -0.25) is 13.9 Å². The summed E-state index contributed by atoms with van der Waals surface area (Å²) in [5.41, 5.74) is 1.52. The van der Waals surface area contributed by atoms with Crippen molar-refractivity contribution in [2.75, 3.05) is 23.7 Å². The van der Waals surface area contributed by atoms with Gasteiger partial charge < -0.3 is 10.2 Å². The Morgan fingerprint density at radius 2 is 1.67 bits per heavy atom. The van der Waals surface area contributed by atoms with Crippen LogP contribution in [0.1, 0.15) is 30.9 Å². The summed E-state index contributed by atoms with van der Waals surface area (Å²) < 4.78 is 40.2. The first-order valence-electron chi connectivity index (χ1n) is 12.7. The van der Waals surface area contributed by atoms with Gasteiger partial charge in [0.1, 0.15) is 18.4 Å². The zero-order chi connectivity index (χ0) is 28.4. The number of carbonyl (C=O) groups excluding carboxylic acids is 2. The lowest BCUT2D eigenvalue weighted by atomic mass is 10.0. The number of sulfonamides is 1. The van der Waals surface area contributed by atoms with Crippen LogP contribution >= 0.6 is 11.6 Å². The second-order valence-electron chi connectivity index (χ2n) is 9.25. The molecule has 0 radical (unpaired) electrons. The minimum Gasteiger partial charge on any atom is -0.354 e. The number of anilines is 1. The minimum absolute atomic E-state index is 0.0127. The molecule has 1 atom stereocenters. The van der Waals surface area contributed by atoms with Gasteiger partial charge in [-0.25, -0.2) is 12.8 Å². The van der Waals surface area contributed by atoms with Gasteiger partial charge in [-0.2, -0.15) is 0 Å². The molecule has 3 rings (SSSR count). The SMILES string of the molecule is CCCCNC(=O)[C@H](Cc1ccccc1)N(Cc1cccc(Cl)c1)C(=O)CN(c1cccc(F)c1)S(C)(=O)=O. The molecule has 39 heavy (non-hydrogen) atoms. The number of hydrogen-bond donors (Lipinski definition) is 1. The molecule has 0 fully saturated rings. The number of unbranched alkanes of at least 4 members (excludes halogenated alkanes) is 1. The number of carbonyl (C=O) groups is 2. The molecule has 0 spiro atoms. The topological polar surface area (TPSA) is 86.8 Å². The second kappa shape index (κ2) is 14.1. The highest BCUT2D eigenvalue weighted by Gasteiger charge is 2.33. The molecule has 208 valence electrons. The average molecular weight is 574 g/mol. The predicted octanol–water partition coefficient (Wildman–Crippen LogP) is 4.80. The lowest BCUT2D eigenvalue weighted by Gasteiger charge is -2.33. The number of amides is 2. The third-order valence-corrected chi connectivity index (χ3v) is 7.49. The monoisotopic (exact) mass is 573 g/mol. The number of halogens is 2. The number of nitrogens with one attached hydrogen (secondary N) is 1. The van der Waals surface area contributed by atoms with E-state index in [9.17, 15) is 22.4 Å². The van der Waals surface area contributed by atoms with Gasteiger partial charge >= 0.3 is 0 Å². The fourth-order valence-electron chi connectivity index (χ4n) is 4.14.